The molecule has 0 amide bonds. The molecule has 1 atom stereocenters. The molecule has 0 fully saturated rings. The fraction of sp³-hybridized carbons (Fsp3) is 0.273. The van der Waals surface area contributed by atoms with E-state index >= 15 is 0 Å². The molecule has 0 spiro atoms. The summed E-state index contributed by atoms with van der Waals surface area (Å²) in [6.45, 7) is 1.83. The Labute approximate surface area is 83.6 Å². The molecule has 3 heteroatoms. The van der Waals surface area contributed by atoms with E-state index in [1.807, 2.05) is 31.0 Å². The average Bonchev–Trinajstić information content (AvgIpc) is 2.27. The Bertz CT molecular complexity index is 351. The molecule has 1 aromatic rings. The van der Waals surface area contributed by atoms with E-state index < -0.39 is 0 Å². The lowest BCUT2D eigenvalue weighted by Gasteiger charge is -2.21. The van der Waals surface area contributed by atoms with Crippen LogP contribution < -0.4 is 4.90 Å². The van der Waals surface area contributed by atoms with Crippen LogP contribution in [0.15, 0.2) is 24.3 Å². The Morgan fingerprint density at radius 2 is 2.00 bits per heavy atom. The Balaban J connectivity index is 2.87. The van der Waals surface area contributed by atoms with Gasteiger partial charge in [-0.15, -0.1) is 0 Å². The van der Waals surface area contributed by atoms with E-state index in [1.165, 1.54) is 0 Å². The Kier molecular flexibility index (Phi) is 3.24. The van der Waals surface area contributed by atoms with Gasteiger partial charge in [0, 0.05) is 18.3 Å². The molecule has 0 aliphatic rings. The zero-order valence-electron chi connectivity index (χ0n) is 8.27. The summed E-state index contributed by atoms with van der Waals surface area (Å²) in [4.78, 5) is 12.3. The van der Waals surface area contributed by atoms with Crippen molar-refractivity contribution in [2.75, 3.05) is 11.9 Å². The van der Waals surface area contributed by atoms with Crippen LogP contribution in [0.25, 0.3) is 0 Å². The lowest BCUT2D eigenvalue weighted by Crippen LogP contribution is -2.26. The van der Waals surface area contributed by atoms with Crippen LogP contribution in [0.4, 0.5) is 5.69 Å². The summed E-state index contributed by atoms with van der Waals surface area (Å²) in [5.74, 6) is 0. The summed E-state index contributed by atoms with van der Waals surface area (Å²) >= 11 is 0. The van der Waals surface area contributed by atoms with Gasteiger partial charge >= 0.3 is 0 Å². The first-order valence-corrected chi connectivity index (χ1v) is 4.36. The molecule has 0 saturated carbocycles. The molecule has 0 aliphatic heterocycles. The van der Waals surface area contributed by atoms with Gasteiger partial charge < -0.3 is 4.90 Å². The van der Waals surface area contributed by atoms with Crippen molar-refractivity contribution in [3.05, 3.63) is 29.8 Å². The fourth-order valence-corrected chi connectivity index (χ4v) is 1.10. The first-order valence-electron chi connectivity index (χ1n) is 4.36. The van der Waals surface area contributed by atoms with Crippen molar-refractivity contribution in [1.82, 2.24) is 0 Å². The van der Waals surface area contributed by atoms with Gasteiger partial charge in [0.25, 0.3) is 0 Å². The van der Waals surface area contributed by atoms with Crippen LogP contribution in [0.2, 0.25) is 0 Å². The second-order valence-electron chi connectivity index (χ2n) is 3.13. The summed E-state index contributed by atoms with van der Waals surface area (Å²) in [5, 5.41) is 8.72. The van der Waals surface area contributed by atoms with Crippen molar-refractivity contribution in [3.8, 4) is 6.07 Å². The van der Waals surface area contributed by atoms with E-state index in [9.17, 15) is 4.79 Å². The highest BCUT2D eigenvalue weighted by molar-refractivity contribution is 5.75. The smallest absolute Gasteiger partial charge is 0.150 e. The Morgan fingerprint density at radius 1 is 1.43 bits per heavy atom. The molecule has 0 saturated heterocycles. The number of anilines is 1. The molecular weight excluding hydrogens is 176 g/mol. The molecule has 0 bridgehead atoms. The number of rotatable bonds is 3. The van der Waals surface area contributed by atoms with Gasteiger partial charge in [0.05, 0.1) is 6.07 Å². The van der Waals surface area contributed by atoms with Gasteiger partial charge in [0.15, 0.2) is 0 Å². The summed E-state index contributed by atoms with van der Waals surface area (Å²) in [6, 6.07) is 9.12. The standard InChI is InChI=1S/C11H12N2O/c1-9(7-12)13(2)11-5-3-10(8-14)4-6-11/h3-6,8-9H,1-2H3. The summed E-state index contributed by atoms with van der Waals surface area (Å²) in [6.07, 6.45) is 0.803. The number of nitriles is 1. The monoisotopic (exact) mass is 188 g/mol. The minimum Gasteiger partial charge on any atom is -0.359 e. The van der Waals surface area contributed by atoms with Crippen molar-refractivity contribution in [1.29, 1.82) is 5.26 Å². The maximum Gasteiger partial charge on any atom is 0.150 e. The zero-order chi connectivity index (χ0) is 10.6. The molecule has 72 valence electrons. The Morgan fingerprint density at radius 3 is 2.43 bits per heavy atom. The van der Waals surface area contributed by atoms with Crippen LogP contribution in [0.3, 0.4) is 0 Å². The number of aldehydes is 1. The molecular formula is C11H12N2O. The van der Waals surface area contributed by atoms with Crippen LogP contribution in [0.5, 0.6) is 0 Å². The SMILES string of the molecule is CC(C#N)N(C)c1ccc(C=O)cc1. The summed E-state index contributed by atoms with van der Waals surface area (Å²) in [5.41, 5.74) is 1.58. The number of hydrogen-bond donors (Lipinski definition) is 0. The highest BCUT2D eigenvalue weighted by atomic mass is 16.1. The number of carbonyl (C=O) groups excluding carboxylic acids is 1. The molecule has 0 radical (unpaired) electrons. The molecule has 0 heterocycles. The van der Waals surface area contributed by atoms with E-state index in [0.717, 1.165) is 12.0 Å². The maximum atomic E-state index is 10.4. The van der Waals surface area contributed by atoms with Gasteiger partial charge in [-0.25, -0.2) is 0 Å². The normalized spacial score (nSPS) is 11.5. The van der Waals surface area contributed by atoms with Crippen molar-refractivity contribution < 1.29 is 4.79 Å². The van der Waals surface area contributed by atoms with Crippen molar-refractivity contribution in [2.45, 2.75) is 13.0 Å². The van der Waals surface area contributed by atoms with Crippen LogP contribution in [-0.2, 0) is 0 Å². The van der Waals surface area contributed by atoms with Gasteiger partial charge in [0.2, 0.25) is 0 Å². The van der Waals surface area contributed by atoms with Crippen LogP contribution >= 0.6 is 0 Å². The third-order valence-electron chi connectivity index (χ3n) is 2.20. The lowest BCUT2D eigenvalue weighted by molar-refractivity contribution is 0.112. The molecule has 1 aromatic carbocycles. The first-order chi connectivity index (χ1) is 6.69. The second kappa shape index (κ2) is 4.43. The van der Waals surface area contributed by atoms with Crippen LogP contribution in [0, 0.1) is 11.3 Å². The number of nitrogens with zero attached hydrogens (tertiary/aromatic N) is 2. The van der Waals surface area contributed by atoms with Crippen molar-refractivity contribution in [3.63, 3.8) is 0 Å². The molecule has 1 rings (SSSR count). The largest absolute Gasteiger partial charge is 0.359 e. The predicted molar refractivity (Wildman–Crippen MR) is 55.3 cm³/mol. The van der Waals surface area contributed by atoms with Crippen LogP contribution in [0.1, 0.15) is 17.3 Å². The molecule has 0 aromatic heterocycles. The fourth-order valence-electron chi connectivity index (χ4n) is 1.10. The number of benzene rings is 1. The van der Waals surface area contributed by atoms with Gasteiger partial charge in [-0.05, 0) is 31.2 Å². The van der Waals surface area contributed by atoms with E-state index in [4.69, 9.17) is 5.26 Å². The second-order valence-corrected chi connectivity index (χ2v) is 3.13. The van der Waals surface area contributed by atoms with E-state index in [-0.39, 0.29) is 6.04 Å². The van der Waals surface area contributed by atoms with Gasteiger partial charge in [-0.2, -0.15) is 5.26 Å². The molecule has 0 N–H and O–H groups in total. The van der Waals surface area contributed by atoms with Gasteiger partial charge in [-0.1, -0.05) is 0 Å². The summed E-state index contributed by atoms with van der Waals surface area (Å²) < 4.78 is 0. The molecule has 1 unspecified atom stereocenters. The Hall–Kier alpha value is -1.82. The van der Waals surface area contributed by atoms with Gasteiger partial charge in [-0.3, -0.25) is 4.79 Å². The van der Waals surface area contributed by atoms with E-state index in [0.29, 0.717) is 5.56 Å². The highest BCUT2D eigenvalue weighted by Gasteiger charge is 2.07. The van der Waals surface area contributed by atoms with Gasteiger partial charge in [0.1, 0.15) is 12.3 Å². The predicted octanol–water partition coefficient (Wildman–Crippen LogP) is 1.85. The topological polar surface area (TPSA) is 44.1 Å². The summed E-state index contributed by atoms with van der Waals surface area (Å²) in [7, 11) is 1.85. The third kappa shape index (κ3) is 2.11. The lowest BCUT2D eigenvalue weighted by atomic mass is 10.2. The number of hydrogen-bond acceptors (Lipinski definition) is 3. The minimum atomic E-state index is -0.169. The average molecular weight is 188 g/mol. The zero-order valence-corrected chi connectivity index (χ0v) is 8.27. The molecule has 3 nitrogen and oxygen atoms in total. The van der Waals surface area contributed by atoms with E-state index in [1.54, 1.807) is 12.1 Å². The van der Waals surface area contributed by atoms with Crippen molar-refractivity contribution >= 4 is 12.0 Å². The van der Waals surface area contributed by atoms with Crippen LogP contribution in [-0.4, -0.2) is 19.4 Å². The minimum absolute atomic E-state index is 0.169. The molecule has 14 heavy (non-hydrogen) atoms. The maximum absolute atomic E-state index is 10.4. The molecule has 0 aliphatic carbocycles. The number of carbonyl (C=O) groups is 1. The first kappa shape index (κ1) is 10.3. The van der Waals surface area contributed by atoms with E-state index in [2.05, 4.69) is 6.07 Å². The van der Waals surface area contributed by atoms with Crippen molar-refractivity contribution in [2.24, 2.45) is 0 Å². The highest BCUT2D eigenvalue weighted by Crippen LogP contribution is 2.14. The third-order valence-corrected chi connectivity index (χ3v) is 2.20. The quantitative estimate of drug-likeness (QED) is 0.680.